The third-order valence-electron chi connectivity index (χ3n) is 11.1. The maximum absolute atomic E-state index is 11.1. The number of ether oxygens (including phenoxy) is 2. The summed E-state index contributed by atoms with van der Waals surface area (Å²) in [4.78, 5) is 86.0. The van der Waals surface area contributed by atoms with E-state index in [9.17, 15) is 38.4 Å². The molecule has 0 radical (unpaired) electrons. The van der Waals surface area contributed by atoms with Crippen LogP contribution in [0.1, 0.15) is 43.0 Å². The van der Waals surface area contributed by atoms with Crippen molar-refractivity contribution in [2.45, 2.75) is 35.8 Å². The first-order valence-corrected chi connectivity index (χ1v) is 36.3. The molecule has 110 heavy (non-hydrogen) atoms. The molecule has 46 heteroatoms. The van der Waals surface area contributed by atoms with Gasteiger partial charge in [-0.1, -0.05) is 192 Å². The number of hydrogen-bond acceptors (Lipinski definition) is 28. The largest absolute Gasteiger partial charge is 1.00 e. The maximum Gasteiger partial charge on any atom is 1.00 e. The summed E-state index contributed by atoms with van der Waals surface area (Å²) in [5.41, 5.74) is 28.4. The molecule has 2 aliphatic carbocycles. The average molecular weight is 2010 g/mol. The SMILES string of the molecule is Cl.NO.Nc1cc(Br)ccc1OC=O.Nc1cc(Cl)ccc1OC=O.Nc1cccc(Br)c1.Nc1cccc(Cl)c1.O=C(/C=N/O)Cc1cccc(Br)c1.O=C(/C=N/O)Cc1cccc(Cl)c1.O=C1Cc2cc(Br)ccc2C1=O.O=C1Cc2cc(Cl)ccc2C1=O.O=S(=O)(O)O.O=S(=O)([O-])[O-].OC(O)C(Cl)(Cl)Cl.[Na+].[Na+]. The second kappa shape index (κ2) is 61.2. The van der Waals surface area contributed by atoms with Gasteiger partial charge in [-0.2, -0.15) is 8.42 Å². The van der Waals surface area contributed by atoms with E-state index in [2.05, 4.69) is 89.4 Å². The number of rotatable bonds is 10. The summed E-state index contributed by atoms with van der Waals surface area (Å²) in [6, 6.07) is 48.9. The summed E-state index contributed by atoms with van der Waals surface area (Å²) in [5, 5.41) is 46.5. The monoisotopic (exact) mass is 2000 g/mol. The van der Waals surface area contributed by atoms with E-state index in [0.717, 1.165) is 58.3 Å². The van der Waals surface area contributed by atoms with Gasteiger partial charge < -0.3 is 67.3 Å². The number of carbonyl (C=O) groups excluding carboxylic acids is 8. The van der Waals surface area contributed by atoms with E-state index in [1.54, 1.807) is 97.1 Å². The van der Waals surface area contributed by atoms with Gasteiger partial charge in [-0.05, 0) is 156 Å². The standard InChI is InChI=1S/C9H8BrNO2.C9H5BrO2.C9H8ClNO2.C9H5ClO2.C7H6BrNO2.C7H6ClNO2.C6H6BrN.C6H6ClN.C2H3Cl3O2.ClH.H3NO.2Na.2H2O4S/c10-8-3-1-2-7(4-8)5-9(12)6-11-13;10-6-1-2-7-5(3-6)4-8(11)9(7)12;10-8-3-1-2-7(4-8)5-9(12)6-11-13;10-6-1-2-7-5(3-6)4-8(11)9(7)12;2*8-5-1-2-7(11-4-10)6(9)3-5;2*7-5-2-1-3-6(8)4-5;3-2(4,5)1(6)7;;1-2;;;2*1-5(2,3)4/h1-4,6,13H,5H2;1-3H,4H2;1-4,6,13H,5H2;1-3H,4H2;2*1-4H,9H2;2*1-4H,8H2;1,6-7H;1H;2H,1H2;;;2*(H2,1,2,3,4)/q;;;;;;;;;;;2*+1;;/p-2/b11-6+;;11-6+;;;;;;;;;;;;. The van der Waals surface area contributed by atoms with Crippen molar-refractivity contribution in [3.63, 3.8) is 0 Å². The van der Waals surface area contributed by atoms with Crippen molar-refractivity contribution in [1.82, 2.24) is 0 Å². The Morgan fingerprint density at radius 3 is 1.18 bits per heavy atom. The normalized spacial score (nSPS) is 10.9. The van der Waals surface area contributed by atoms with E-state index in [-0.39, 0.29) is 132 Å². The molecule has 8 aromatic rings. The van der Waals surface area contributed by atoms with Crippen LogP contribution < -0.4 is 97.4 Å². The van der Waals surface area contributed by atoms with Crippen LogP contribution in [0, 0.1) is 0 Å². The molecule has 0 fully saturated rings. The third kappa shape index (κ3) is 56.8. The predicted octanol–water partition coefficient (Wildman–Crippen LogP) is 6.76. The molecule has 0 saturated heterocycles. The molecule has 0 aliphatic heterocycles. The van der Waals surface area contributed by atoms with Crippen LogP contribution in [-0.2, 0) is 75.2 Å². The molecule has 8 aromatic carbocycles. The minimum absolute atomic E-state index is 0. The molecule has 0 unspecified atom stereocenters. The summed E-state index contributed by atoms with van der Waals surface area (Å²) in [6.45, 7) is 0.666. The molecule has 0 atom stereocenters. The molecule has 0 bridgehead atoms. The summed E-state index contributed by atoms with van der Waals surface area (Å²) in [7, 11) is -9.83. The van der Waals surface area contributed by atoms with Gasteiger partial charge in [0.1, 0.15) is 12.4 Å². The van der Waals surface area contributed by atoms with Crippen molar-refractivity contribution in [2.24, 2.45) is 16.2 Å². The Kier molecular flexibility index (Phi) is 63.0. The Morgan fingerprint density at radius 2 is 0.827 bits per heavy atom. The summed E-state index contributed by atoms with van der Waals surface area (Å²) >= 11 is 50.3. The van der Waals surface area contributed by atoms with Crippen LogP contribution in [0.4, 0.5) is 22.7 Å². The number of aliphatic hydroxyl groups is 2. The fourth-order valence-electron chi connectivity index (χ4n) is 6.95. The molecular weight excluding hydrogens is 1950 g/mol. The number of fused-ring (bicyclic) bond motifs is 2. The van der Waals surface area contributed by atoms with Gasteiger partial charge in [0, 0.05) is 96.6 Å². The number of benzene rings is 8. The number of nitrogens with two attached hydrogens (primary N) is 5. The Morgan fingerprint density at radius 1 is 0.509 bits per heavy atom. The molecule has 0 saturated carbocycles. The number of nitrogen functional groups attached to an aromatic ring is 4. The van der Waals surface area contributed by atoms with Crippen LogP contribution in [0.2, 0.25) is 20.1 Å². The second-order valence-corrected chi connectivity index (χ2v) is 28.7. The van der Waals surface area contributed by atoms with Crippen LogP contribution in [0.3, 0.4) is 0 Å². The van der Waals surface area contributed by atoms with E-state index >= 15 is 0 Å². The van der Waals surface area contributed by atoms with Gasteiger partial charge in [0.2, 0.25) is 26.9 Å². The Hall–Kier alpha value is -5.32. The number of anilines is 4. The molecule has 0 aromatic heterocycles. The third-order valence-corrected chi connectivity index (χ3v) is 14.6. The molecule has 586 valence electrons. The summed E-state index contributed by atoms with van der Waals surface area (Å²) < 4.78 is 76.5. The van der Waals surface area contributed by atoms with Crippen molar-refractivity contribution in [3.05, 3.63) is 241 Å². The first-order chi connectivity index (χ1) is 49.8. The number of Topliss-reactive ketones (excluding diaryl/α,β-unsaturated/α-hetero) is 6. The maximum atomic E-state index is 11.1. The van der Waals surface area contributed by atoms with Crippen molar-refractivity contribution in [1.29, 1.82) is 0 Å². The molecule has 10 rings (SSSR count). The molecule has 0 spiro atoms. The Labute approximate surface area is 747 Å². The van der Waals surface area contributed by atoms with Gasteiger partial charge in [0.25, 0.3) is 12.9 Å². The number of carbonyl (C=O) groups is 8. The van der Waals surface area contributed by atoms with Crippen molar-refractivity contribution >= 4 is 261 Å². The van der Waals surface area contributed by atoms with Crippen LogP contribution in [0.25, 0.3) is 0 Å². The topological polar surface area (TPSA) is 566 Å². The second-order valence-electron chi connectivity index (χ2n) is 19.2. The average Bonchev–Trinajstić information content (AvgIpc) is 1.67. The number of halogens is 12. The van der Waals surface area contributed by atoms with Gasteiger partial charge in [0.15, 0.2) is 29.4 Å². The fraction of sp³-hybridized carbons (Fsp3) is 0.0938. The first kappa shape index (κ1) is 113. The zero-order chi connectivity index (χ0) is 82.4. The van der Waals surface area contributed by atoms with E-state index < -0.39 is 30.9 Å². The predicted molar refractivity (Wildman–Crippen MR) is 424 cm³/mol. The fourth-order valence-corrected chi connectivity index (χ4v) is 9.39. The Balaban J connectivity index is -0.000000370. The van der Waals surface area contributed by atoms with Crippen molar-refractivity contribution < 1.29 is 168 Å². The first-order valence-electron chi connectivity index (χ1n) is 27.8. The molecule has 30 nitrogen and oxygen atoms in total. The van der Waals surface area contributed by atoms with E-state index in [1.807, 2.05) is 60.7 Å². The van der Waals surface area contributed by atoms with E-state index in [4.69, 9.17) is 165 Å². The van der Waals surface area contributed by atoms with Crippen LogP contribution in [-0.4, -0.2) is 131 Å². The summed E-state index contributed by atoms with van der Waals surface area (Å²) in [5.74, 6) is 2.34. The molecular formula is C64H59Br4Cl8N7Na2O23S2. The molecule has 0 heterocycles. The van der Waals surface area contributed by atoms with Gasteiger partial charge in [-0.25, -0.2) is 5.90 Å². The minimum Gasteiger partial charge on any atom is -0.759 e. The number of ketones is 6. The minimum atomic E-state index is -5.17. The van der Waals surface area contributed by atoms with Crippen molar-refractivity contribution in [3.8, 4) is 11.5 Å². The van der Waals surface area contributed by atoms with Crippen LogP contribution in [0.15, 0.2) is 198 Å². The number of aliphatic hydroxyl groups excluding tert-OH is 1. The zero-order valence-electron chi connectivity index (χ0n) is 56.2. The number of nitrogens with zero attached hydrogens (tertiary/aromatic N) is 2. The van der Waals surface area contributed by atoms with Crippen LogP contribution in [0.5, 0.6) is 11.5 Å². The zero-order valence-corrected chi connectivity index (χ0v) is 74.3. The van der Waals surface area contributed by atoms with Gasteiger partial charge in [-0.15, -0.1) is 12.4 Å². The molecule has 17 N–H and O–H groups in total. The van der Waals surface area contributed by atoms with E-state index in [1.165, 1.54) is 12.1 Å². The molecule has 2 aliphatic rings. The number of alkyl halides is 3. The quantitative estimate of drug-likeness (QED) is 0.00575. The van der Waals surface area contributed by atoms with E-state index in [0.29, 0.717) is 72.7 Å². The molecule has 0 amide bonds. The Bertz CT molecular complexity index is 4250. The van der Waals surface area contributed by atoms with Gasteiger partial charge in [0.05, 0.1) is 11.4 Å². The van der Waals surface area contributed by atoms with Crippen LogP contribution >= 0.6 is 157 Å². The van der Waals surface area contributed by atoms with Gasteiger partial charge >= 0.3 is 69.5 Å². The number of oxime groups is 2. The van der Waals surface area contributed by atoms with Crippen molar-refractivity contribution in [2.75, 3.05) is 22.9 Å². The smallest absolute Gasteiger partial charge is 0.759 e. The summed E-state index contributed by atoms with van der Waals surface area (Å²) in [6.07, 6.45) is 0.788. The number of hydrogen-bond donors (Lipinski definition) is 12. The van der Waals surface area contributed by atoms with Gasteiger partial charge in [-0.3, -0.25) is 55.9 Å².